The van der Waals surface area contributed by atoms with E-state index in [0.717, 1.165) is 0 Å². The monoisotopic (exact) mass is 338 g/mol. The number of carboxylic acid groups (broad SMARTS) is 3. The van der Waals surface area contributed by atoms with Crippen LogP contribution in [0.5, 0.6) is 0 Å². The van der Waals surface area contributed by atoms with Crippen LogP contribution < -0.4 is 0 Å². The largest absolute Gasteiger partial charge is 0.479 e. The standard InChI is InChI=1S/C8H10O11.Fe/c9-1(5(12)13)2(10)8(18)19-4(7(16)17)3(11)6(14)15;/h1-4,9-11H,(H,12,13)(H,14,15)(H,16,17);. The Morgan fingerprint density at radius 3 is 1.40 bits per heavy atom. The van der Waals surface area contributed by atoms with E-state index in [2.05, 4.69) is 4.74 Å². The molecule has 0 fully saturated rings. The van der Waals surface area contributed by atoms with Gasteiger partial charge in [-0.25, -0.2) is 19.2 Å². The predicted molar refractivity (Wildman–Crippen MR) is 50.8 cm³/mol. The maximum atomic E-state index is 11.1. The molecule has 0 aromatic heterocycles. The SMILES string of the molecule is O=C(O)C(O)C(O)C(=O)OC(C(=O)O)C(O)C(=O)O.[Fe]. The summed E-state index contributed by atoms with van der Waals surface area (Å²) in [5.41, 5.74) is 0. The summed E-state index contributed by atoms with van der Waals surface area (Å²) in [4.78, 5) is 42.2. The molecule has 0 aromatic rings. The van der Waals surface area contributed by atoms with E-state index in [1.165, 1.54) is 0 Å². The van der Waals surface area contributed by atoms with Gasteiger partial charge >= 0.3 is 23.9 Å². The molecule has 116 valence electrons. The van der Waals surface area contributed by atoms with Crippen LogP contribution in [-0.2, 0) is 41.0 Å². The Balaban J connectivity index is 0. The van der Waals surface area contributed by atoms with Gasteiger partial charge in [-0.1, -0.05) is 0 Å². The van der Waals surface area contributed by atoms with Crippen molar-refractivity contribution in [1.29, 1.82) is 0 Å². The summed E-state index contributed by atoms with van der Waals surface area (Å²) in [6.45, 7) is 0. The van der Waals surface area contributed by atoms with Gasteiger partial charge in [-0.3, -0.25) is 0 Å². The average molecular weight is 338 g/mol. The number of esters is 1. The third kappa shape index (κ3) is 5.50. The molecule has 0 radical (unpaired) electrons. The molecule has 0 saturated carbocycles. The van der Waals surface area contributed by atoms with Gasteiger partial charge in [0.05, 0.1) is 0 Å². The van der Waals surface area contributed by atoms with Gasteiger partial charge < -0.3 is 35.4 Å². The maximum absolute atomic E-state index is 11.1. The summed E-state index contributed by atoms with van der Waals surface area (Å²) in [7, 11) is 0. The van der Waals surface area contributed by atoms with E-state index in [1.807, 2.05) is 0 Å². The molecular weight excluding hydrogens is 328 g/mol. The van der Waals surface area contributed by atoms with Crippen LogP contribution in [0.15, 0.2) is 0 Å². The number of aliphatic hydroxyl groups is 3. The quantitative estimate of drug-likeness (QED) is 0.197. The Morgan fingerprint density at radius 1 is 0.700 bits per heavy atom. The smallest absolute Gasteiger partial charge is 0.348 e. The summed E-state index contributed by atoms with van der Waals surface area (Å²) in [5, 5.41) is 51.8. The topological polar surface area (TPSA) is 199 Å². The number of carboxylic acids is 3. The van der Waals surface area contributed by atoms with Crippen LogP contribution in [0.2, 0.25) is 0 Å². The van der Waals surface area contributed by atoms with Crippen LogP contribution in [-0.4, -0.2) is 78.9 Å². The van der Waals surface area contributed by atoms with E-state index in [-0.39, 0.29) is 17.1 Å². The molecule has 0 aliphatic heterocycles. The van der Waals surface area contributed by atoms with Gasteiger partial charge in [0.15, 0.2) is 18.3 Å². The summed E-state index contributed by atoms with van der Waals surface area (Å²) in [5.74, 6) is -7.97. The van der Waals surface area contributed by atoms with Crippen molar-refractivity contribution in [2.24, 2.45) is 0 Å². The van der Waals surface area contributed by atoms with Crippen molar-refractivity contribution in [3.8, 4) is 0 Å². The zero-order chi connectivity index (χ0) is 15.3. The first kappa shape index (κ1) is 20.6. The van der Waals surface area contributed by atoms with Gasteiger partial charge in [0.2, 0.25) is 6.10 Å². The number of carbonyl (C=O) groups excluding carboxylic acids is 1. The van der Waals surface area contributed by atoms with E-state index in [4.69, 9.17) is 30.6 Å². The van der Waals surface area contributed by atoms with Crippen LogP contribution in [0.3, 0.4) is 0 Å². The Kier molecular flexibility index (Phi) is 8.70. The fourth-order valence-electron chi connectivity index (χ4n) is 0.838. The van der Waals surface area contributed by atoms with E-state index in [9.17, 15) is 19.2 Å². The second-order valence-corrected chi connectivity index (χ2v) is 3.21. The zero-order valence-electron chi connectivity index (χ0n) is 9.39. The molecule has 0 bridgehead atoms. The minimum atomic E-state index is -2.64. The van der Waals surface area contributed by atoms with Gasteiger partial charge in [0.1, 0.15) is 0 Å². The summed E-state index contributed by atoms with van der Waals surface area (Å²) in [6.07, 6.45) is -10.4. The fraction of sp³-hybridized carbons (Fsp3) is 0.500. The van der Waals surface area contributed by atoms with Crippen molar-refractivity contribution >= 4 is 23.9 Å². The molecule has 4 unspecified atom stereocenters. The number of hydrogen-bond acceptors (Lipinski definition) is 8. The van der Waals surface area contributed by atoms with E-state index >= 15 is 0 Å². The minimum Gasteiger partial charge on any atom is -0.479 e. The van der Waals surface area contributed by atoms with Crippen LogP contribution in [0.1, 0.15) is 0 Å². The molecule has 12 heteroatoms. The van der Waals surface area contributed by atoms with Gasteiger partial charge in [-0.05, 0) is 0 Å². The number of carbonyl (C=O) groups is 4. The van der Waals surface area contributed by atoms with Crippen LogP contribution >= 0.6 is 0 Å². The van der Waals surface area contributed by atoms with E-state index in [0.29, 0.717) is 0 Å². The number of ether oxygens (including phenoxy) is 1. The third-order valence-electron chi connectivity index (χ3n) is 1.82. The number of aliphatic hydroxyl groups excluding tert-OH is 3. The van der Waals surface area contributed by atoms with Crippen molar-refractivity contribution < 1.29 is 71.6 Å². The maximum Gasteiger partial charge on any atom is 0.348 e. The first-order valence-corrected chi connectivity index (χ1v) is 4.52. The van der Waals surface area contributed by atoms with Crippen molar-refractivity contribution in [1.82, 2.24) is 0 Å². The van der Waals surface area contributed by atoms with Crippen molar-refractivity contribution in [3.05, 3.63) is 0 Å². The molecule has 0 aliphatic carbocycles. The molecule has 0 spiro atoms. The van der Waals surface area contributed by atoms with Crippen molar-refractivity contribution in [2.75, 3.05) is 0 Å². The van der Waals surface area contributed by atoms with Gasteiger partial charge in [0, 0.05) is 17.1 Å². The Labute approximate surface area is 120 Å². The Morgan fingerprint density at radius 2 is 1.10 bits per heavy atom. The Bertz CT molecular complexity index is 394. The first-order chi connectivity index (χ1) is 8.59. The molecule has 0 amide bonds. The second kappa shape index (κ2) is 8.45. The third-order valence-corrected chi connectivity index (χ3v) is 1.82. The average Bonchev–Trinajstić information content (AvgIpc) is 2.31. The van der Waals surface area contributed by atoms with Gasteiger partial charge in [0.25, 0.3) is 0 Å². The van der Waals surface area contributed by atoms with Crippen molar-refractivity contribution in [2.45, 2.75) is 24.4 Å². The van der Waals surface area contributed by atoms with Crippen LogP contribution in [0.4, 0.5) is 0 Å². The number of hydrogen-bond donors (Lipinski definition) is 6. The molecule has 0 rings (SSSR count). The van der Waals surface area contributed by atoms with E-state index in [1.54, 1.807) is 0 Å². The molecule has 0 aromatic carbocycles. The van der Waals surface area contributed by atoms with Crippen molar-refractivity contribution in [3.63, 3.8) is 0 Å². The normalized spacial score (nSPS) is 15.9. The fourth-order valence-corrected chi connectivity index (χ4v) is 0.838. The summed E-state index contributed by atoms with van der Waals surface area (Å²) >= 11 is 0. The molecule has 0 saturated heterocycles. The van der Waals surface area contributed by atoms with E-state index < -0.39 is 48.3 Å². The Hall–Kier alpha value is -1.72. The van der Waals surface area contributed by atoms with Gasteiger partial charge in [-0.15, -0.1) is 0 Å². The first-order valence-electron chi connectivity index (χ1n) is 4.52. The number of rotatable bonds is 7. The molecular formula is C8H10FeO11. The minimum absolute atomic E-state index is 0. The molecule has 11 nitrogen and oxygen atoms in total. The molecule has 6 N–H and O–H groups in total. The second-order valence-electron chi connectivity index (χ2n) is 3.21. The molecule has 0 aliphatic rings. The summed E-state index contributed by atoms with van der Waals surface area (Å²) in [6, 6.07) is 0. The number of aliphatic carboxylic acids is 3. The molecule has 20 heavy (non-hydrogen) atoms. The van der Waals surface area contributed by atoms with Crippen LogP contribution in [0, 0.1) is 0 Å². The molecule has 0 heterocycles. The molecule has 4 atom stereocenters. The van der Waals surface area contributed by atoms with Crippen LogP contribution in [0.25, 0.3) is 0 Å². The zero-order valence-corrected chi connectivity index (χ0v) is 10.5. The summed E-state index contributed by atoms with van der Waals surface area (Å²) < 4.78 is 3.93. The predicted octanol–water partition coefficient (Wildman–Crippen LogP) is -3.77. The van der Waals surface area contributed by atoms with Gasteiger partial charge in [-0.2, -0.15) is 0 Å².